The molecular formula is C23H26O3. The number of hydrogen-bond acceptors (Lipinski definition) is 3. The first kappa shape index (κ1) is 17.1. The minimum Gasteiger partial charge on any atom is -0.488 e. The SMILES string of the molecule is CCC(=O)Oc1cccc(C2CC2)c1COc1ccc(C)cc1C1CC1. The third-order valence-electron chi connectivity index (χ3n) is 5.25. The predicted octanol–water partition coefficient (Wildman–Crippen LogP) is 5.64. The Kier molecular flexibility index (Phi) is 4.71. The van der Waals surface area contributed by atoms with Crippen molar-refractivity contribution in [2.45, 2.75) is 64.4 Å². The lowest BCUT2D eigenvalue weighted by molar-refractivity contribution is -0.134. The van der Waals surface area contributed by atoms with Crippen molar-refractivity contribution in [1.82, 2.24) is 0 Å². The van der Waals surface area contributed by atoms with Gasteiger partial charge in [0, 0.05) is 12.0 Å². The van der Waals surface area contributed by atoms with Crippen molar-refractivity contribution in [2.75, 3.05) is 0 Å². The average Bonchev–Trinajstić information content (AvgIpc) is 3.54. The van der Waals surface area contributed by atoms with Gasteiger partial charge < -0.3 is 9.47 Å². The summed E-state index contributed by atoms with van der Waals surface area (Å²) >= 11 is 0. The van der Waals surface area contributed by atoms with E-state index in [1.807, 2.05) is 19.1 Å². The fourth-order valence-electron chi connectivity index (χ4n) is 3.47. The number of hydrogen-bond donors (Lipinski definition) is 0. The number of rotatable bonds is 7. The van der Waals surface area contributed by atoms with Crippen LogP contribution in [-0.2, 0) is 11.4 Å². The zero-order chi connectivity index (χ0) is 18.1. The van der Waals surface area contributed by atoms with E-state index in [1.54, 1.807) is 0 Å². The summed E-state index contributed by atoms with van der Waals surface area (Å²) in [6.07, 6.45) is 5.28. The fourth-order valence-corrected chi connectivity index (χ4v) is 3.47. The zero-order valence-corrected chi connectivity index (χ0v) is 15.6. The van der Waals surface area contributed by atoms with Gasteiger partial charge in [-0.05, 0) is 67.7 Å². The second-order valence-electron chi connectivity index (χ2n) is 7.53. The maximum absolute atomic E-state index is 11.8. The highest BCUT2D eigenvalue weighted by atomic mass is 16.5. The molecule has 4 rings (SSSR count). The molecule has 2 saturated carbocycles. The highest BCUT2D eigenvalue weighted by molar-refractivity contribution is 5.72. The number of carbonyl (C=O) groups is 1. The molecule has 0 aliphatic heterocycles. The van der Waals surface area contributed by atoms with Gasteiger partial charge >= 0.3 is 5.97 Å². The van der Waals surface area contributed by atoms with Crippen LogP contribution in [0, 0.1) is 6.92 Å². The highest BCUT2D eigenvalue weighted by Crippen LogP contribution is 2.46. The molecule has 0 radical (unpaired) electrons. The zero-order valence-electron chi connectivity index (χ0n) is 15.6. The molecule has 0 amide bonds. The Hall–Kier alpha value is -2.29. The lowest BCUT2D eigenvalue weighted by Crippen LogP contribution is -2.10. The van der Waals surface area contributed by atoms with E-state index in [9.17, 15) is 4.79 Å². The largest absolute Gasteiger partial charge is 0.488 e. The number of esters is 1. The van der Waals surface area contributed by atoms with Crippen molar-refractivity contribution in [3.63, 3.8) is 0 Å². The average molecular weight is 350 g/mol. The molecule has 0 heterocycles. The van der Waals surface area contributed by atoms with E-state index < -0.39 is 0 Å². The first-order valence-electron chi connectivity index (χ1n) is 9.71. The molecule has 0 atom stereocenters. The van der Waals surface area contributed by atoms with Crippen molar-refractivity contribution in [1.29, 1.82) is 0 Å². The van der Waals surface area contributed by atoms with E-state index in [1.165, 1.54) is 42.4 Å². The molecule has 2 aromatic carbocycles. The minimum absolute atomic E-state index is 0.201. The van der Waals surface area contributed by atoms with E-state index in [-0.39, 0.29) is 5.97 Å². The lowest BCUT2D eigenvalue weighted by atomic mass is 10.0. The summed E-state index contributed by atoms with van der Waals surface area (Å²) in [6, 6.07) is 12.5. The molecule has 3 nitrogen and oxygen atoms in total. The number of aryl methyl sites for hydroxylation is 1. The topological polar surface area (TPSA) is 35.5 Å². The van der Waals surface area contributed by atoms with Gasteiger partial charge in [0.1, 0.15) is 18.1 Å². The van der Waals surface area contributed by atoms with Gasteiger partial charge in [-0.2, -0.15) is 0 Å². The van der Waals surface area contributed by atoms with Gasteiger partial charge in [0.15, 0.2) is 0 Å². The van der Waals surface area contributed by atoms with Crippen molar-refractivity contribution < 1.29 is 14.3 Å². The lowest BCUT2D eigenvalue weighted by Gasteiger charge is -2.17. The van der Waals surface area contributed by atoms with E-state index in [2.05, 4.69) is 31.2 Å². The van der Waals surface area contributed by atoms with Gasteiger partial charge in [-0.3, -0.25) is 4.79 Å². The molecule has 3 heteroatoms. The Labute approximate surface area is 155 Å². The highest BCUT2D eigenvalue weighted by Gasteiger charge is 2.29. The van der Waals surface area contributed by atoms with Crippen molar-refractivity contribution in [2.24, 2.45) is 0 Å². The summed E-state index contributed by atoms with van der Waals surface area (Å²) in [5.74, 6) is 2.64. The number of ether oxygens (including phenoxy) is 2. The second-order valence-corrected chi connectivity index (χ2v) is 7.53. The van der Waals surface area contributed by atoms with Crippen LogP contribution in [0.25, 0.3) is 0 Å². The van der Waals surface area contributed by atoms with Gasteiger partial charge in [0.25, 0.3) is 0 Å². The smallest absolute Gasteiger partial charge is 0.310 e. The summed E-state index contributed by atoms with van der Waals surface area (Å²) in [5.41, 5.74) is 4.89. The molecule has 2 aliphatic rings. The predicted molar refractivity (Wildman–Crippen MR) is 102 cm³/mol. The van der Waals surface area contributed by atoms with E-state index >= 15 is 0 Å². The van der Waals surface area contributed by atoms with Gasteiger partial charge in [0.05, 0.1) is 0 Å². The van der Waals surface area contributed by atoms with Crippen molar-refractivity contribution in [3.8, 4) is 11.5 Å². The van der Waals surface area contributed by atoms with Gasteiger partial charge in [0.2, 0.25) is 0 Å². The monoisotopic (exact) mass is 350 g/mol. The third-order valence-corrected chi connectivity index (χ3v) is 5.25. The first-order chi connectivity index (χ1) is 12.7. The molecule has 0 saturated heterocycles. The molecule has 0 bridgehead atoms. The van der Waals surface area contributed by atoms with Crippen molar-refractivity contribution >= 4 is 5.97 Å². The van der Waals surface area contributed by atoms with Crippen LogP contribution >= 0.6 is 0 Å². The second kappa shape index (κ2) is 7.14. The van der Waals surface area contributed by atoms with Gasteiger partial charge in [-0.15, -0.1) is 0 Å². The van der Waals surface area contributed by atoms with Gasteiger partial charge in [-0.25, -0.2) is 0 Å². The number of benzene rings is 2. The molecule has 0 unspecified atom stereocenters. The van der Waals surface area contributed by atoms with Gasteiger partial charge in [-0.1, -0.05) is 36.8 Å². The molecule has 136 valence electrons. The Bertz CT molecular complexity index is 816. The quantitative estimate of drug-likeness (QED) is 0.478. The Balaban J connectivity index is 1.60. The van der Waals surface area contributed by atoms with E-state index in [4.69, 9.17) is 9.47 Å². The molecule has 26 heavy (non-hydrogen) atoms. The van der Waals surface area contributed by atoms with E-state index in [0.29, 0.717) is 30.6 Å². The summed E-state index contributed by atoms with van der Waals surface area (Å²) < 4.78 is 11.9. The van der Waals surface area contributed by atoms with Crippen molar-refractivity contribution in [3.05, 3.63) is 58.7 Å². The minimum atomic E-state index is -0.201. The fraction of sp³-hybridized carbons (Fsp3) is 0.435. The molecular weight excluding hydrogens is 324 g/mol. The molecule has 2 aromatic rings. The van der Waals surface area contributed by atoms with Crippen LogP contribution in [-0.4, -0.2) is 5.97 Å². The van der Waals surface area contributed by atoms with E-state index in [0.717, 1.165) is 11.3 Å². The number of carbonyl (C=O) groups excluding carboxylic acids is 1. The van der Waals surface area contributed by atoms with Crippen LogP contribution in [0.1, 0.15) is 73.1 Å². The maximum atomic E-state index is 11.8. The molecule has 0 spiro atoms. The summed E-state index contributed by atoms with van der Waals surface area (Å²) in [4.78, 5) is 11.8. The summed E-state index contributed by atoms with van der Waals surface area (Å²) in [5, 5.41) is 0. The molecule has 2 fully saturated rings. The maximum Gasteiger partial charge on any atom is 0.310 e. The third kappa shape index (κ3) is 3.77. The summed E-state index contributed by atoms with van der Waals surface area (Å²) in [6.45, 7) is 4.39. The summed E-state index contributed by atoms with van der Waals surface area (Å²) in [7, 11) is 0. The molecule has 0 N–H and O–H groups in total. The Morgan fingerprint density at radius 1 is 1.00 bits per heavy atom. The Morgan fingerprint density at radius 3 is 2.42 bits per heavy atom. The van der Waals surface area contributed by atoms with Crippen LogP contribution in [0.5, 0.6) is 11.5 Å². The first-order valence-corrected chi connectivity index (χ1v) is 9.71. The molecule has 0 aromatic heterocycles. The van der Waals surface area contributed by atoms with Crippen LogP contribution in [0.3, 0.4) is 0 Å². The Morgan fingerprint density at radius 2 is 1.73 bits per heavy atom. The standard InChI is InChI=1S/C23H26O3/c1-3-23(24)26-22-6-4-5-18(16-8-9-16)20(22)14-25-21-12-7-15(2)13-19(21)17-10-11-17/h4-7,12-13,16-17H,3,8-11,14H2,1-2H3. The molecule has 2 aliphatic carbocycles. The van der Waals surface area contributed by atoms with Crippen LogP contribution in [0.2, 0.25) is 0 Å². The van der Waals surface area contributed by atoms with Crippen LogP contribution in [0.15, 0.2) is 36.4 Å². The normalized spacial score (nSPS) is 16.4. The van der Waals surface area contributed by atoms with Crippen LogP contribution < -0.4 is 9.47 Å². The van der Waals surface area contributed by atoms with Crippen LogP contribution in [0.4, 0.5) is 0 Å².